The third-order valence-corrected chi connectivity index (χ3v) is 6.93. The fraction of sp³-hybridized carbons (Fsp3) is 0.0333. The third kappa shape index (κ3) is 5.46. The Morgan fingerprint density at radius 1 is 0.921 bits per heavy atom. The third-order valence-electron chi connectivity index (χ3n) is 5.88. The lowest BCUT2D eigenvalue weighted by Crippen LogP contribution is -2.19. The molecule has 5 aromatic rings. The predicted molar refractivity (Wildman–Crippen MR) is 157 cm³/mol. The van der Waals surface area contributed by atoms with Crippen LogP contribution in [0.25, 0.3) is 22.0 Å². The van der Waals surface area contributed by atoms with Crippen molar-refractivity contribution in [3.63, 3.8) is 0 Å². The maximum atomic E-state index is 13.2. The molecule has 0 radical (unpaired) electrons. The molecule has 0 spiro atoms. The van der Waals surface area contributed by atoms with Gasteiger partial charge in [-0.05, 0) is 58.7 Å². The van der Waals surface area contributed by atoms with Gasteiger partial charge in [-0.3, -0.25) is 4.79 Å². The first kappa shape index (κ1) is 25.6. The molecule has 0 aliphatic heterocycles. The van der Waals surface area contributed by atoms with Gasteiger partial charge in [0.2, 0.25) is 0 Å². The molecule has 2 N–H and O–H groups in total. The molecule has 0 bridgehead atoms. The average molecular weight is 631 g/mol. The number of hydrogen-bond acceptors (Lipinski definition) is 4. The number of nitrogens with zero attached hydrogens (tertiary/aromatic N) is 1. The number of benzene rings is 4. The second kappa shape index (κ2) is 11.2. The molecular formula is C30H21Br2N3O3. The van der Waals surface area contributed by atoms with Crippen molar-refractivity contribution >= 4 is 60.9 Å². The van der Waals surface area contributed by atoms with E-state index in [1.54, 1.807) is 24.3 Å². The van der Waals surface area contributed by atoms with Crippen LogP contribution in [0.2, 0.25) is 0 Å². The summed E-state index contributed by atoms with van der Waals surface area (Å²) >= 11 is 6.92. The minimum absolute atomic E-state index is 0.285. The first-order chi connectivity index (χ1) is 18.4. The number of para-hydroxylation sites is 1. The fourth-order valence-electron chi connectivity index (χ4n) is 4.06. The number of aromatic nitrogens is 1. The second-order valence-electron chi connectivity index (χ2n) is 8.55. The maximum Gasteiger partial charge on any atom is 0.343 e. The van der Waals surface area contributed by atoms with Gasteiger partial charge >= 0.3 is 5.97 Å². The normalized spacial score (nSPS) is 11.1. The lowest BCUT2D eigenvalue weighted by Gasteiger charge is -2.11. The fourth-order valence-corrected chi connectivity index (χ4v) is 5.40. The first-order valence-electron chi connectivity index (χ1n) is 11.7. The van der Waals surface area contributed by atoms with E-state index in [4.69, 9.17) is 4.74 Å². The standard InChI is InChI=1S/C30H21Br2N3O3/c1-18-11-13-20(14-12-18)30(37)38-28-21(15-22(31)16-24(28)32)17-33-35-29(36)27-26(19-7-3-2-4-8-19)23-9-5-6-10-25(23)34-27/h2-17,34H,1H3,(H,35,36). The Bertz CT molecular complexity index is 1680. The van der Waals surface area contributed by atoms with Gasteiger partial charge in [-0.1, -0.05) is 82.2 Å². The van der Waals surface area contributed by atoms with Gasteiger partial charge < -0.3 is 9.72 Å². The summed E-state index contributed by atoms with van der Waals surface area (Å²) in [5, 5.41) is 5.12. The molecule has 0 saturated carbocycles. The van der Waals surface area contributed by atoms with Crippen molar-refractivity contribution in [2.45, 2.75) is 6.92 Å². The van der Waals surface area contributed by atoms with Crippen molar-refractivity contribution in [2.24, 2.45) is 5.10 Å². The molecule has 1 heterocycles. The number of carbonyl (C=O) groups is 2. The predicted octanol–water partition coefficient (Wildman–Crippen LogP) is 7.65. The van der Waals surface area contributed by atoms with E-state index in [1.807, 2.05) is 73.7 Å². The van der Waals surface area contributed by atoms with Crippen LogP contribution in [0.15, 0.2) is 105 Å². The van der Waals surface area contributed by atoms with Crippen LogP contribution >= 0.6 is 31.9 Å². The van der Waals surface area contributed by atoms with Crippen molar-refractivity contribution in [3.8, 4) is 16.9 Å². The minimum atomic E-state index is -0.503. The van der Waals surface area contributed by atoms with Crippen molar-refractivity contribution in [1.29, 1.82) is 0 Å². The highest BCUT2D eigenvalue weighted by Gasteiger charge is 2.19. The summed E-state index contributed by atoms with van der Waals surface area (Å²) < 4.78 is 7.00. The highest BCUT2D eigenvalue weighted by atomic mass is 79.9. The number of nitrogens with one attached hydrogen (secondary N) is 2. The molecule has 0 unspecified atom stereocenters. The topological polar surface area (TPSA) is 83.5 Å². The molecule has 0 fully saturated rings. The van der Waals surface area contributed by atoms with E-state index in [0.29, 0.717) is 21.3 Å². The molecule has 8 heteroatoms. The van der Waals surface area contributed by atoms with Crippen LogP contribution in [0.1, 0.15) is 32.0 Å². The van der Waals surface area contributed by atoms with E-state index in [2.05, 4.69) is 47.4 Å². The average Bonchev–Trinajstić information content (AvgIpc) is 3.31. The molecule has 6 nitrogen and oxygen atoms in total. The molecule has 0 atom stereocenters. The Labute approximate surface area is 236 Å². The molecule has 0 aliphatic carbocycles. The van der Waals surface area contributed by atoms with Crippen molar-refractivity contribution in [3.05, 3.63) is 122 Å². The SMILES string of the molecule is Cc1ccc(C(=O)Oc2c(Br)cc(Br)cc2C=NNC(=O)c2[nH]c3ccccc3c2-c2ccccc2)cc1. The van der Waals surface area contributed by atoms with Gasteiger partial charge in [0, 0.05) is 26.5 Å². The maximum absolute atomic E-state index is 13.2. The van der Waals surface area contributed by atoms with Gasteiger partial charge in [0.05, 0.1) is 16.3 Å². The molecule has 0 aliphatic rings. The largest absolute Gasteiger partial charge is 0.421 e. The van der Waals surface area contributed by atoms with Gasteiger partial charge in [-0.25, -0.2) is 10.2 Å². The first-order valence-corrected chi connectivity index (χ1v) is 13.3. The summed E-state index contributed by atoms with van der Waals surface area (Å²) in [7, 11) is 0. The van der Waals surface area contributed by atoms with Gasteiger partial charge in [0.1, 0.15) is 5.69 Å². The quantitative estimate of drug-likeness (QED) is 0.0875. The van der Waals surface area contributed by atoms with E-state index in [-0.39, 0.29) is 5.75 Å². The van der Waals surface area contributed by atoms with Gasteiger partial charge in [0.15, 0.2) is 5.75 Å². The monoisotopic (exact) mass is 629 g/mol. The Hall–Kier alpha value is -4.01. The summed E-state index contributed by atoms with van der Waals surface area (Å²) in [6, 6.07) is 28.1. The van der Waals surface area contributed by atoms with Crippen LogP contribution in [0, 0.1) is 6.92 Å². The van der Waals surface area contributed by atoms with Crippen LogP contribution in [0.4, 0.5) is 0 Å². The molecule has 188 valence electrons. The number of aryl methyl sites for hydroxylation is 1. The lowest BCUT2D eigenvalue weighted by molar-refractivity contribution is 0.0733. The molecule has 1 aromatic heterocycles. The minimum Gasteiger partial charge on any atom is -0.421 e. The van der Waals surface area contributed by atoms with E-state index < -0.39 is 11.9 Å². The van der Waals surface area contributed by atoms with Crippen molar-refractivity contribution < 1.29 is 14.3 Å². The smallest absolute Gasteiger partial charge is 0.343 e. The molecule has 4 aromatic carbocycles. The van der Waals surface area contributed by atoms with Crippen LogP contribution in [-0.2, 0) is 0 Å². The van der Waals surface area contributed by atoms with Gasteiger partial charge in [0.25, 0.3) is 5.91 Å². The van der Waals surface area contributed by atoms with Gasteiger partial charge in [-0.2, -0.15) is 5.10 Å². The summed E-state index contributed by atoms with van der Waals surface area (Å²) in [5.41, 5.74) is 7.53. The highest BCUT2D eigenvalue weighted by molar-refractivity contribution is 9.11. The van der Waals surface area contributed by atoms with Crippen molar-refractivity contribution in [1.82, 2.24) is 10.4 Å². The Morgan fingerprint density at radius 2 is 1.63 bits per heavy atom. The zero-order valence-corrected chi connectivity index (χ0v) is 23.3. The molecule has 38 heavy (non-hydrogen) atoms. The number of hydrazone groups is 1. The van der Waals surface area contributed by atoms with Gasteiger partial charge in [-0.15, -0.1) is 0 Å². The van der Waals surface area contributed by atoms with E-state index in [0.717, 1.165) is 32.1 Å². The molecule has 5 rings (SSSR count). The van der Waals surface area contributed by atoms with Crippen LogP contribution in [0.5, 0.6) is 5.75 Å². The Kier molecular flexibility index (Phi) is 7.53. The summed E-state index contributed by atoms with van der Waals surface area (Å²) in [4.78, 5) is 29.2. The number of amides is 1. The number of ether oxygens (including phenoxy) is 1. The number of rotatable bonds is 6. The number of esters is 1. The summed E-state index contributed by atoms with van der Waals surface area (Å²) in [6.45, 7) is 1.95. The number of carbonyl (C=O) groups excluding carboxylic acids is 2. The second-order valence-corrected chi connectivity index (χ2v) is 10.3. The summed E-state index contributed by atoms with van der Waals surface area (Å²) in [6.07, 6.45) is 1.44. The Balaban J connectivity index is 1.42. The Morgan fingerprint density at radius 3 is 2.39 bits per heavy atom. The number of H-pyrrole nitrogens is 1. The summed E-state index contributed by atoms with van der Waals surface area (Å²) in [5.74, 6) is -0.617. The number of fused-ring (bicyclic) bond motifs is 1. The van der Waals surface area contributed by atoms with E-state index in [9.17, 15) is 9.59 Å². The lowest BCUT2D eigenvalue weighted by atomic mass is 10.0. The number of halogens is 2. The zero-order chi connectivity index (χ0) is 26.6. The van der Waals surface area contributed by atoms with Crippen LogP contribution in [0.3, 0.4) is 0 Å². The molecular weight excluding hydrogens is 610 g/mol. The van der Waals surface area contributed by atoms with E-state index >= 15 is 0 Å². The van der Waals surface area contributed by atoms with Crippen molar-refractivity contribution in [2.75, 3.05) is 0 Å². The van der Waals surface area contributed by atoms with Crippen LogP contribution in [-0.4, -0.2) is 23.1 Å². The highest BCUT2D eigenvalue weighted by Crippen LogP contribution is 2.34. The molecule has 1 amide bonds. The van der Waals surface area contributed by atoms with Crippen LogP contribution < -0.4 is 10.2 Å². The number of hydrogen-bond donors (Lipinski definition) is 2. The zero-order valence-electron chi connectivity index (χ0n) is 20.2. The molecule has 0 saturated heterocycles. The van der Waals surface area contributed by atoms with E-state index in [1.165, 1.54) is 6.21 Å². The number of aromatic amines is 1.